The predicted molar refractivity (Wildman–Crippen MR) is 82.7 cm³/mol. The van der Waals surface area contributed by atoms with Gasteiger partial charge in [0.15, 0.2) is 5.76 Å². The highest BCUT2D eigenvalue weighted by atomic mass is 16.3. The van der Waals surface area contributed by atoms with E-state index in [0.29, 0.717) is 18.2 Å². The normalized spacial score (nSPS) is 18.2. The monoisotopic (exact) mass is 300 g/mol. The molecule has 1 aliphatic heterocycles. The summed E-state index contributed by atoms with van der Waals surface area (Å²) in [6.07, 6.45) is 7.15. The summed E-state index contributed by atoms with van der Waals surface area (Å²) in [5.41, 5.74) is 0.947. The van der Waals surface area contributed by atoms with Crippen molar-refractivity contribution in [3.63, 3.8) is 0 Å². The van der Waals surface area contributed by atoms with Crippen molar-refractivity contribution in [1.82, 2.24) is 15.3 Å². The lowest BCUT2D eigenvalue weighted by Gasteiger charge is -2.34. The van der Waals surface area contributed by atoms with Gasteiger partial charge in [0, 0.05) is 32.0 Å². The van der Waals surface area contributed by atoms with Crippen molar-refractivity contribution in [3.8, 4) is 0 Å². The zero-order valence-electron chi connectivity index (χ0n) is 12.7. The van der Waals surface area contributed by atoms with Crippen LogP contribution in [0.4, 0.5) is 5.82 Å². The lowest BCUT2D eigenvalue weighted by Crippen LogP contribution is -2.41. The maximum atomic E-state index is 11.9. The number of hydrogen-bond acceptors (Lipinski definition) is 5. The first-order valence-electron chi connectivity index (χ1n) is 7.58. The lowest BCUT2D eigenvalue weighted by molar-refractivity contribution is 0.0918. The highest BCUT2D eigenvalue weighted by Crippen LogP contribution is 2.22. The third kappa shape index (κ3) is 3.27. The first kappa shape index (κ1) is 14.6. The van der Waals surface area contributed by atoms with Crippen LogP contribution in [0.15, 0.2) is 35.2 Å². The van der Waals surface area contributed by atoms with E-state index >= 15 is 0 Å². The average Bonchev–Trinajstić information content (AvgIpc) is 3.08. The number of aryl methyl sites for hydroxylation is 1. The number of furan rings is 1. The van der Waals surface area contributed by atoms with Crippen molar-refractivity contribution in [2.24, 2.45) is 5.92 Å². The summed E-state index contributed by atoms with van der Waals surface area (Å²) >= 11 is 0. The SMILES string of the molecule is Cc1nccnc1N1CCCC(CNC(=O)c2ccco2)C1. The summed E-state index contributed by atoms with van der Waals surface area (Å²) in [7, 11) is 0. The summed E-state index contributed by atoms with van der Waals surface area (Å²) in [6.45, 7) is 4.50. The van der Waals surface area contributed by atoms with Gasteiger partial charge in [-0.15, -0.1) is 0 Å². The molecule has 3 heterocycles. The van der Waals surface area contributed by atoms with E-state index in [0.717, 1.165) is 37.4 Å². The summed E-state index contributed by atoms with van der Waals surface area (Å²) in [6, 6.07) is 3.39. The van der Waals surface area contributed by atoms with E-state index in [-0.39, 0.29) is 5.91 Å². The quantitative estimate of drug-likeness (QED) is 0.935. The van der Waals surface area contributed by atoms with Gasteiger partial charge >= 0.3 is 0 Å². The molecule has 1 fully saturated rings. The molecule has 1 atom stereocenters. The fourth-order valence-corrected chi connectivity index (χ4v) is 2.87. The minimum atomic E-state index is -0.155. The Labute approximate surface area is 129 Å². The lowest BCUT2D eigenvalue weighted by atomic mass is 9.98. The Kier molecular flexibility index (Phi) is 4.37. The molecule has 22 heavy (non-hydrogen) atoms. The fraction of sp³-hybridized carbons (Fsp3) is 0.438. The summed E-state index contributed by atoms with van der Waals surface area (Å²) in [5, 5.41) is 2.95. The van der Waals surface area contributed by atoms with Gasteiger partial charge in [-0.05, 0) is 37.8 Å². The summed E-state index contributed by atoms with van der Waals surface area (Å²) < 4.78 is 5.10. The zero-order valence-corrected chi connectivity index (χ0v) is 12.7. The number of rotatable bonds is 4. The van der Waals surface area contributed by atoms with E-state index in [9.17, 15) is 4.79 Å². The van der Waals surface area contributed by atoms with Gasteiger partial charge in [0.1, 0.15) is 5.82 Å². The fourth-order valence-electron chi connectivity index (χ4n) is 2.87. The number of amides is 1. The van der Waals surface area contributed by atoms with Crippen molar-refractivity contribution in [2.45, 2.75) is 19.8 Å². The second-order valence-electron chi connectivity index (χ2n) is 5.61. The number of piperidine rings is 1. The van der Waals surface area contributed by atoms with Crippen LogP contribution in [-0.2, 0) is 0 Å². The maximum Gasteiger partial charge on any atom is 0.286 e. The molecular formula is C16H20N4O2. The maximum absolute atomic E-state index is 11.9. The molecule has 2 aromatic heterocycles. The van der Waals surface area contributed by atoms with E-state index in [1.807, 2.05) is 6.92 Å². The molecule has 1 unspecified atom stereocenters. The number of hydrogen-bond donors (Lipinski definition) is 1. The van der Waals surface area contributed by atoms with E-state index in [1.165, 1.54) is 6.26 Å². The van der Waals surface area contributed by atoms with Crippen molar-refractivity contribution in [2.75, 3.05) is 24.5 Å². The van der Waals surface area contributed by atoms with Crippen LogP contribution >= 0.6 is 0 Å². The van der Waals surface area contributed by atoms with Crippen molar-refractivity contribution < 1.29 is 9.21 Å². The van der Waals surface area contributed by atoms with Crippen LogP contribution in [0.2, 0.25) is 0 Å². The molecule has 3 rings (SSSR count). The third-order valence-corrected chi connectivity index (χ3v) is 3.97. The molecule has 0 aliphatic carbocycles. The van der Waals surface area contributed by atoms with Crippen molar-refractivity contribution in [3.05, 3.63) is 42.2 Å². The van der Waals surface area contributed by atoms with Gasteiger partial charge in [-0.3, -0.25) is 9.78 Å². The number of anilines is 1. The Morgan fingerprint density at radius 1 is 1.45 bits per heavy atom. The second kappa shape index (κ2) is 6.60. The minimum Gasteiger partial charge on any atom is -0.459 e. The van der Waals surface area contributed by atoms with E-state index in [1.54, 1.807) is 24.5 Å². The molecule has 0 spiro atoms. The first-order valence-corrected chi connectivity index (χ1v) is 7.58. The van der Waals surface area contributed by atoms with Crippen molar-refractivity contribution >= 4 is 11.7 Å². The molecule has 0 saturated carbocycles. The van der Waals surface area contributed by atoms with Gasteiger partial charge in [0.25, 0.3) is 5.91 Å². The molecule has 1 amide bonds. The first-order chi connectivity index (χ1) is 10.7. The standard InChI is InChI=1S/C16H20N4O2/c1-12-15(18-7-6-17-12)20-8-2-4-13(11-20)10-19-16(21)14-5-3-9-22-14/h3,5-7,9,13H,2,4,8,10-11H2,1H3,(H,19,21). The van der Waals surface area contributed by atoms with Crippen molar-refractivity contribution in [1.29, 1.82) is 0 Å². The van der Waals surface area contributed by atoms with Crippen LogP contribution in [0.5, 0.6) is 0 Å². The average molecular weight is 300 g/mol. The minimum absolute atomic E-state index is 0.155. The van der Waals surface area contributed by atoms with Crippen LogP contribution < -0.4 is 10.2 Å². The molecule has 1 N–H and O–H groups in total. The predicted octanol–water partition coefficient (Wildman–Crippen LogP) is 2.02. The molecule has 2 aromatic rings. The number of carbonyl (C=O) groups is 1. The Morgan fingerprint density at radius 3 is 3.09 bits per heavy atom. The Hall–Kier alpha value is -2.37. The summed E-state index contributed by atoms with van der Waals surface area (Å²) in [4.78, 5) is 22.9. The molecule has 6 nitrogen and oxygen atoms in total. The van der Waals surface area contributed by atoms with Crippen LogP contribution in [0.25, 0.3) is 0 Å². The topological polar surface area (TPSA) is 71.3 Å². The van der Waals surface area contributed by atoms with Crippen LogP contribution in [0, 0.1) is 12.8 Å². The van der Waals surface area contributed by atoms with Gasteiger partial charge < -0.3 is 14.6 Å². The number of nitrogens with zero attached hydrogens (tertiary/aromatic N) is 3. The molecule has 1 aliphatic rings. The molecular weight excluding hydrogens is 280 g/mol. The Bertz CT molecular complexity index is 627. The second-order valence-corrected chi connectivity index (χ2v) is 5.61. The smallest absolute Gasteiger partial charge is 0.286 e. The Balaban J connectivity index is 1.57. The van der Waals surface area contributed by atoms with Crippen LogP contribution in [-0.4, -0.2) is 35.5 Å². The zero-order chi connectivity index (χ0) is 15.4. The van der Waals surface area contributed by atoms with Gasteiger partial charge in [-0.25, -0.2) is 4.98 Å². The molecule has 0 radical (unpaired) electrons. The molecule has 0 aromatic carbocycles. The van der Waals surface area contributed by atoms with Crippen LogP contribution in [0.3, 0.4) is 0 Å². The third-order valence-electron chi connectivity index (χ3n) is 3.97. The largest absolute Gasteiger partial charge is 0.459 e. The molecule has 0 bridgehead atoms. The van der Waals surface area contributed by atoms with E-state index in [2.05, 4.69) is 20.2 Å². The number of aromatic nitrogens is 2. The van der Waals surface area contributed by atoms with Gasteiger partial charge in [-0.2, -0.15) is 0 Å². The van der Waals surface area contributed by atoms with E-state index in [4.69, 9.17) is 4.42 Å². The van der Waals surface area contributed by atoms with Gasteiger partial charge in [-0.1, -0.05) is 0 Å². The number of nitrogens with one attached hydrogen (secondary N) is 1. The van der Waals surface area contributed by atoms with Crippen LogP contribution in [0.1, 0.15) is 29.1 Å². The molecule has 116 valence electrons. The highest BCUT2D eigenvalue weighted by Gasteiger charge is 2.23. The Morgan fingerprint density at radius 2 is 2.32 bits per heavy atom. The summed E-state index contributed by atoms with van der Waals surface area (Å²) in [5.74, 6) is 1.56. The van der Waals surface area contributed by atoms with Gasteiger partial charge in [0.05, 0.1) is 12.0 Å². The van der Waals surface area contributed by atoms with E-state index < -0.39 is 0 Å². The molecule has 1 saturated heterocycles. The van der Waals surface area contributed by atoms with Gasteiger partial charge in [0.2, 0.25) is 0 Å². The molecule has 6 heteroatoms. The highest BCUT2D eigenvalue weighted by molar-refractivity contribution is 5.91. The number of carbonyl (C=O) groups excluding carboxylic acids is 1.